The SMILES string of the molecule is CC(C(=O)NC1(C(=O)O)CCOC1)c1ccc(Cl)c(Cl)c1. The summed E-state index contributed by atoms with van der Waals surface area (Å²) in [7, 11) is 0. The third kappa shape index (κ3) is 3.31. The molecule has 114 valence electrons. The highest BCUT2D eigenvalue weighted by Crippen LogP contribution is 2.27. The van der Waals surface area contributed by atoms with Gasteiger partial charge in [0.1, 0.15) is 0 Å². The maximum atomic E-state index is 12.3. The molecule has 1 heterocycles. The van der Waals surface area contributed by atoms with Crippen molar-refractivity contribution < 1.29 is 19.4 Å². The molecule has 5 nitrogen and oxygen atoms in total. The first-order valence-electron chi connectivity index (χ1n) is 6.44. The summed E-state index contributed by atoms with van der Waals surface area (Å²) >= 11 is 11.8. The van der Waals surface area contributed by atoms with Crippen molar-refractivity contribution in [2.24, 2.45) is 0 Å². The molecule has 0 spiro atoms. The highest BCUT2D eigenvalue weighted by Gasteiger charge is 2.44. The van der Waals surface area contributed by atoms with Crippen LogP contribution in [0.3, 0.4) is 0 Å². The molecule has 2 N–H and O–H groups in total. The van der Waals surface area contributed by atoms with Crippen LogP contribution in [0.15, 0.2) is 18.2 Å². The Labute approximate surface area is 132 Å². The molecule has 7 heteroatoms. The van der Waals surface area contributed by atoms with Gasteiger partial charge in [-0.25, -0.2) is 4.79 Å². The van der Waals surface area contributed by atoms with E-state index in [1.54, 1.807) is 25.1 Å². The van der Waals surface area contributed by atoms with Gasteiger partial charge in [-0.1, -0.05) is 29.3 Å². The topological polar surface area (TPSA) is 75.6 Å². The standard InChI is InChI=1S/C14H15Cl2NO4/c1-8(9-2-3-10(15)11(16)6-9)12(18)17-14(13(19)20)4-5-21-7-14/h2-3,6,8H,4-5,7H2,1H3,(H,17,18)(H,19,20). The Bertz CT molecular complexity index is 570. The van der Waals surface area contributed by atoms with Gasteiger partial charge in [-0.3, -0.25) is 4.79 Å². The van der Waals surface area contributed by atoms with Gasteiger partial charge in [0, 0.05) is 13.0 Å². The average Bonchev–Trinajstić information content (AvgIpc) is 2.91. The van der Waals surface area contributed by atoms with E-state index >= 15 is 0 Å². The molecule has 21 heavy (non-hydrogen) atoms. The van der Waals surface area contributed by atoms with Crippen molar-refractivity contribution >= 4 is 35.1 Å². The number of benzene rings is 1. The molecule has 1 saturated heterocycles. The molecule has 1 aromatic carbocycles. The van der Waals surface area contributed by atoms with Gasteiger partial charge in [0.15, 0.2) is 5.54 Å². The van der Waals surface area contributed by atoms with Crippen LogP contribution in [0.4, 0.5) is 0 Å². The Morgan fingerprint density at radius 3 is 2.62 bits per heavy atom. The third-order valence-corrected chi connectivity index (χ3v) is 4.37. The van der Waals surface area contributed by atoms with Crippen molar-refractivity contribution in [3.8, 4) is 0 Å². The average molecular weight is 332 g/mol. The molecule has 0 radical (unpaired) electrons. The second-order valence-corrected chi connectivity index (χ2v) is 5.89. The lowest BCUT2D eigenvalue weighted by molar-refractivity contribution is -0.147. The van der Waals surface area contributed by atoms with E-state index in [4.69, 9.17) is 27.9 Å². The van der Waals surface area contributed by atoms with Crippen LogP contribution in [-0.4, -0.2) is 35.7 Å². The molecule has 1 fully saturated rings. The number of carboxylic acid groups (broad SMARTS) is 1. The number of ether oxygens (including phenoxy) is 1. The molecule has 0 aliphatic carbocycles. The lowest BCUT2D eigenvalue weighted by Gasteiger charge is -2.25. The lowest BCUT2D eigenvalue weighted by Crippen LogP contribution is -2.56. The zero-order chi connectivity index (χ0) is 15.6. The normalized spacial score (nSPS) is 22.8. The molecule has 0 bridgehead atoms. The Hall–Kier alpha value is -1.30. The van der Waals surface area contributed by atoms with Crippen LogP contribution in [0.1, 0.15) is 24.8 Å². The fraction of sp³-hybridized carbons (Fsp3) is 0.429. The lowest BCUT2D eigenvalue weighted by atomic mass is 9.95. The first kappa shape index (κ1) is 16.1. The van der Waals surface area contributed by atoms with Crippen molar-refractivity contribution in [2.75, 3.05) is 13.2 Å². The van der Waals surface area contributed by atoms with Crippen molar-refractivity contribution in [3.05, 3.63) is 33.8 Å². The van der Waals surface area contributed by atoms with E-state index in [-0.39, 0.29) is 18.9 Å². The Balaban J connectivity index is 2.15. The first-order valence-corrected chi connectivity index (χ1v) is 7.19. The van der Waals surface area contributed by atoms with E-state index in [1.165, 1.54) is 0 Å². The minimum Gasteiger partial charge on any atom is -0.479 e. The quantitative estimate of drug-likeness (QED) is 0.888. The molecule has 2 atom stereocenters. The number of amides is 1. The molecular weight excluding hydrogens is 317 g/mol. The van der Waals surface area contributed by atoms with Gasteiger partial charge in [0.05, 0.1) is 22.6 Å². The van der Waals surface area contributed by atoms with Gasteiger partial charge in [-0.2, -0.15) is 0 Å². The summed E-state index contributed by atoms with van der Waals surface area (Å²) in [6.07, 6.45) is 0.252. The number of nitrogens with one attached hydrogen (secondary N) is 1. The van der Waals surface area contributed by atoms with E-state index in [2.05, 4.69) is 5.32 Å². The molecule has 0 aromatic heterocycles. The maximum Gasteiger partial charge on any atom is 0.331 e. The molecule has 2 rings (SSSR count). The number of halogens is 2. The smallest absolute Gasteiger partial charge is 0.331 e. The fourth-order valence-corrected chi connectivity index (χ4v) is 2.47. The van der Waals surface area contributed by atoms with Gasteiger partial charge in [-0.15, -0.1) is 0 Å². The van der Waals surface area contributed by atoms with Crippen LogP contribution < -0.4 is 5.32 Å². The molecule has 2 unspecified atom stereocenters. The van der Waals surface area contributed by atoms with Gasteiger partial charge in [-0.05, 0) is 24.6 Å². The molecule has 0 saturated carbocycles. The van der Waals surface area contributed by atoms with E-state index in [9.17, 15) is 14.7 Å². The summed E-state index contributed by atoms with van der Waals surface area (Å²) in [6, 6.07) is 4.90. The largest absolute Gasteiger partial charge is 0.479 e. The van der Waals surface area contributed by atoms with E-state index < -0.39 is 17.4 Å². The number of hydrogen-bond acceptors (Lipinski definition) is 3. The second-order valence-electron chi connectivity index (χ2n) is 5.07. The predicted octanol–water partition coefficient (Wildman–Crippen LogP) is 2.46. The van der Waals surface area contributed by atoms with Crippen molar-refractivity contribution in [1.29, 1.82) is 0 Å². The highest BCUT2D eigenvalue weighted by atomic mass is 35.5. The van der Waals surface area contributed by atoms with Crippen molar-refractivity contribution in [2.45, 2.75) is 24.8 Å². The molecule has 1 amide bonds. The minimum absolute atomic E-state index is 0.0256. The molecule has 1 aromatic rings. The van der Waals surface area contributed by atoms with Crippen molar-refractivity contribution in [3.63, 3.8) is 0 Å². The van der Waals surface area contributed by atoms with Gasteiger partial charge >= 0.3 is 5.97 Å². The summed E-state index contributed by atoms with van der Waals surface area (Å²) in [5.74, 6) is -2.02. The fourth-order valence-electron chi connectivity index (χ4n) is 2.16. The van der Waals surface area contributed by atoms with Crippen LogP contribution in [0, 0.1) is 0 Å². The van der Waals surface area contributed by atoms with Gasteiger partial charge in [0.2, 0.25) is 5.91 Å². The van der Waals surface area contributed by atoms with Crippen LogP contribution >= 0.6 is 23.2 Å². The monoisotopic (exact) mass is 331 g/mol. The Morgan fingerprint density at radius 2 is 2.10 bits per heavy atom. The van der Waals surface area contributed by atoms with E-state index in [0.717, 1.165) is 0 Å². The van der Waals surface area contributed by atoms with E-state index in [0.29, 0.717) is 22.2 Å². The Morgan fingerprint density at radius 1 is 1.38 bits per heavy atom. The predicted molar refractivity (Wildman–Crippen MR) is 78.8 cm³/mol. The van der Waals surface area contributed by atoms with Crippen LogP contribution in [-0.2, 0) is 14.3 Å². The second kappa shape index (κ2) is 6.22. The van der Waals surface area contributed by atoms with E-state index in [1.807, 2.05) is 0 Å². The summed E-state index contributed by atoms with van der Waals surface area (Å²) in [5.41, 5.74) is -0.678. The number of carbonyl (C=O) groups excluding carboxylic acids is 1. The summed E-state index contributed by atoms with van der Waals surface area (Å²) in [6.45, 7) is 1.97. The summed E-state index contributed by atoms with van der Waals surface area (Å²) in [5, 5.41) is 12.7. The van der Waals surface area contributed by atoms with Crippen LogP contribution in [0.25, 0.3) is 0 Å². The van der Waals surface area contributed by atoms with Crippen molar-refractivity contribution in [1.82, 2.24) is 5.32 Å². The molecular formula is C14H15Cl2NO4. The van der Waals surface area contributed by atoms with Crippen LogP contribution in [0.2, 0.25) is 10.0 Å². The highest BCUT2D eigenvalue weighted by molar-refractivity contribution is 6.42. The third-order valence-electron chi connectivity index (χ3n) is 3.63. The molecule has 1 aliphatic heterocycles. The van der Waals surface area contributed by atoms with Gasteiger partial charge in [0.25, 0.3) is 0 Å². The number of hydrogen-bond donors (Lipinski definition) is 2. The minimum atomic E-state index is -1.35. The number of carbonyl (C=O) groups is 2. The Kier molecular flexibility index (Phi) is 4.76. The zero-order valence-electron chi connectivity index (χ0n) is 11.4. The maximum absolute atomic E-state index is 12.3. The number of rotatable bonds is 4. The first-order chi connectivity index (χ1) is 9.85. The van der Waals surface area contributed by atoms with Gasteiger partial charge < -0.3 is 15.2 Å². The number of carboxylic acids is 1. The molecule has 1 aliphatic rings. The summed E-state index contributed by atoms with van der Waals surface area (Å²) in [4.78, 5) is 23.7. The summed E-state index contributed by atoms with van der Waals surface area (Å²) < 4.78 is 5.11. The van der Waals surface area contributed by atoms with Crippen LogP contribution in [0.5, 0.6) is 0 Å². The number of aliphatic carboxylic acids is 1. The zero-order valence-corrected chi connectivity index (χ0v) is 12.9.